The van der Waals surface area contributed by atoms with E-state index in [9.17, 15) is 0 Å². The molecule has 2 N–H and O–H groups in total. The predicted octanol–water partition coefficient (Wildman–Crippen LogP) is 3.62. The standard InChI is InChI=1S/C15H17NS/c16-11-15(14-9-5-2-6-10-14)17-12-13-7-3-1-4-8-13/h1-10,15H,11-12,16H2. The Hall–Kier alpha value is -1.25. The molecule has 0 radical (unpaired) electrons. The number of nitrogens with two attached hydrogens (primary N) is 1. The van der Waals surface area contributed by atoms with Gasteiger partial charge in [-0.15, -0.1) is 11.8 Å². The highest BCUT2D eigenvalue weighted by Gasteiger charge is 2.09. The quantitative estimate of drug-likeness (QED) is 0.868. The third-order valence-electron chi connectivity index (χ3n) is 2.68. The van der Waals surface area contributed by atoms with Gasteiger partial charge < -0.3 is 5.73 Å². The van der Waals surface area contributed by atoms with Crippen molar-refractivity contribution in [2.24, 2.45) is 5.73 Å². The summed E-state index contributed by atoms with van der Waals surface area (Å²) in [6.07, 6.45) is 0. The lowest BCUT2D eigenvalue weighted by atomic mass is 10.1. The number of rotatable bonds is 5. The van der Waals surface area contributed by atoms with E-state index in [4.69, 9.17) is 5.73 Å². The zero-order valence-corrected chi connectivity index (χ0v) is 10.6. The van der Waals surface area contributed by atoms with Gasteiger partial charge in [0.1, 0.15) is 0 Å². The fraction of sp³-hybridized carbons (Fsp3) is 0.200. The van der Waals surface area contributed by atoms with Crippen molar-refractivity contribution in [2.45, 2.75) is 11.0 Å². The molecule has 0 aromatic heterocycles. The molecule has 17 heavy (non-hydrogen) atoms. The van der Waals surface area contributed by atoms with Crippen LogP contribution in [0.15, 0.2) is 60.7 Å². The second kappa shape index (κ2) is 6.48. The molecule has 2 aromatic rings. The molecule has 0 aliphatic heterocycles. The highest BCUT2D eigenvalue weighted by Crippen LogP contribution is 2.30. The van der Waals surface area contributed by atoms with Crippen LogP contribution in [-0.2, 0) is 5.75 Å². The molecule has 88 valence electrons. The smallest absolute Gasteiger partial charge is 0.0422 e. The molecule has 0 spiro atoms. The van der Waals surface area contributed by atoms with Crippen LogP contribution < -0.4 is 5.73 Å². The van der Waals surface area contributed by atoms with Crippen molar-refractivity contribution in [2.75, 3.05) is 6.54 Å². The largest absolute Gasteiger partial charge is 0.329 e. The number of hydrogen-bond donors (Lipinski definition) is 1. The molecular formula is C15H17NS. The van der Waals surface area contributed by atoms with Gasteiger partial charge in [-0.2, -0.15) is 0 Å². The first kappa shape index (κ1) is 12.2. The minimum absolute atomic E-state index is 0.386. The average molecular weight is 243 g/mol. The van der Waals surface area contributed by atoms with Crippen LogP contribution in [0.5, 0.6) is 0 Å². The van der Waals surface area contributed by atoms with Crippen LogP contribution in [0, 0.1) is 0 Å². The summed E-state index contributed by atoms with van der Waals surface area (Å²) in [7, 11) is 0. The van der Waals surface area contributed by atoms with Gasteiger partial charge in [-0.3, -0.25) is 0 Å². The highest BCUT2D eigenvalue weighted by molar-refractivity contribution is 7.98. The number of thioether (sulfide) groups is 1. The second-order valence-electron chi connectivity index (χ2n) is 3.93. The minimum atomic E-state index is 0.386. The molecule has 0 saturated heterocycles. The summed E-state index contributed by atoms with van der Waals surface area (Å²) in [4.78, 5) is 0. The lowest BCUT2D eigenvalue weighted by Crippen LogP contribution is -2.09. The van der Waals surface area contributed by atoms with Crippen LogP contribution in [-0.4, -0.2) is 6.54 Å². The Labute approximate surface area is 107 Å². The third-order valence-corrected chi connectivity index (χ3v) is 4.05. The third kappa shape index (κ3) is 3.62. The van der Waals surface area contributed by atoms with Crippen molar-refractivity contribution in [3.63, 3.8) is 0 Å². The molecule has 2 aromatic carbocycles. The Morgan fingerprint density at radius 2 is 1.47 bits per heavy atom. The van der Waals surface area contributed by atoms with Crippen LogP contribution in [0.3, 0.4) is 0 Å². The molecule has 0 aliphatic rings. The Morgan fingerprint density at radius 1 is 0.882 bits per heavy atom. The molecule has 1 nitrogen and oxygen atoms in total. The fourth-order valence-electron chi connectivity index (χ4n) is 1.74. The molecule has 1 unspecified atom stereocenters. The summed E-state index contributed by atoms with van der Waals surface area (Å²) in [5.74, 6) is 1.01. The van der Waals surface area contributed by atoms with Gasteiger partial charge in [-0.25, -0.2) is 0 Å². The maximum atomic E-state index is 5.85. The van der Waals surface area contributed by atoms with Crippen molar-refractivity contribution in [3.8, 4) is 0 Å². The van der Waals surface area contributed by atoms with E-state index >= 15 is 0 Å². The van der Waals surface area contributed by atoms with E-state index in [2.05, 4.69) is 48.5 Å². The summed E-state index contributed by atoms with van der Waals surface area (Å²) in [5.41, 5.74) is 8.52. The lowest BCUT2D eigenvalue weighted by Gasteiger charge is -2.14. The molecule has 2 rings (SSSR count). The van der Waals surface area contributed by atoms with Gasteiger partial charge >= 0.3 is 0 Å². The summed E-state index contributed by atoms with van der Waals surface area (Å²) in [6, 6.07) is 21.0. The van der Waals surface area contributed by atoms with Gasteiger partial charge in [0.05, 0.1) is 0 Å². The molecule has 1 atom stereocenters. The van der Waals surface area contributed by atoms with E-state index in [-0.39, 0.29) is 0 Å². The van der Waals surface area contributed by atoms with E-state index in [0.29, 0.717) is 11.8 Å². The van der Waals surface area contributed by atoms with E-state index in [1.165, 1.54) is 11.1 Å². The maximum Gasteiger partial charge on any atom is 0.0422 e. The normalized spacial score (nSPS) is 12.3. The monoisotopic (exact) mass is 243 g/mol. The van der Waals surface area contributed by atoms with Crippen LogP contribution in [0.25, 0.3) is 0 Å². The number of benzene rings is 2. The van der Waals surface area contributed by atoms with E-state index in [0.717, 1.165) is 5.75 Å². The van der Waals surface area contributed by atoms with Gasteiger partial charge in [0, 0.05) is 17.5 Å². The van der Waals surface area contributed by atoms with Crippen LogP contribution in [0.4, 0.5) is 0 Å². The van der Waals surface area contributed by atoms with Gasteiger partial charge in [0.15, 0.2) is 0 Å². The average Bonchev–Trinajstić information content (AvgIpc) is 2.42. The van der Waals surface area contributed by atoms with Crippen molar-refractivity contribution in [1.29, 1.82) is 0 Å². The van der Waals surface area contributed by atoms with Crippen LogP contribution in [0.2, 0.25) is 0 Å². The molecule has 0 fully saturated rings. The van der Waals surface area contributed by atoms with Gasteiger partial charge in [-0.05, 0) is 11.1 Å². The van der Waals surface area contributed by atoms with Crippen molar-refractivity contribution < 1.29 is 0 Å². The SMILES string of the molecule is NCC(SCc1ccccc1)c1ccccc1. The molecule has 2 heteroatoms. The minimum Gasteiger partial charge on any atom is -0.329 e. The first-order chi connectivity index (χ1) is 8.40. The predicted molar refractivity (Wildman–Crippen MR) is 76.0 cm³/mol. The second-order valence-corrected chi connectivity index (χ2v) is 5.12. The van der Waals surface area contributed by atoms with Crippen LogP contribution in [0.1, 0.15) is 16.4 Å². The fourth-order valence-corrected chi connectivity index (χ4v) is 2.81. The summed E-state index contributed by atoms with van der Waals surface area (Å²) < 4.78 is 0. The molecule has 0 aliphatic carbocycles. The summed E-state index contributed by atoms with van der Waals surface area (Å²) >= 11 is 1.90. The molecule has 0 heterocycles. The van der Waals surface area contributed by atoms with Gasteiger partial charge in [0.25, 0.3) is 0 Å². The first-order valence-electron chi connectivity index (χ1n) is 5.80. The summed E-state index contributed by atoms with van der Waals surface area (Å²) in [6.45, 7) is 0.682. The van der Waals surface area contributed by atoms with E-state index in [1.54, 1.807) is 0 Å². The number of hydrogen-bond acceptors (Lipinski definition) is 2. The molecule has 0 bridgehead atoms. The van der Waals surface area contributed by atoms with Crippen molar-refractivity contribution in [1.82, 2.24) is 0 Å². The van der Waals surface area contributed by atoms with E-state index < -0.39 is 0 Å². The van der Waals surface area contributed by atoms with Crippen molar-refractivity contribution >= 4 is 11.8 Å². The van der Waals surface area contributed by atoms with Gasteiger partial charge in [0.2, 0.25) is 0 Å². The lowest BCUT2D eigenvalue weighted by molar-refractivity contribution is 0.940. The van der Waals surface area contributed by atoms with Crippen LogP contribution >= 0.6 is 11.8 Å². The first-order valence-corrected chi connectivity index (χ1v) is 6.85. The molecular weight excluding hydrogens is 226 g/mol. The highest BCUT2D eigenvalue weighted by atomic mass is 32.2. The Morgan fingerprint density at radius 3 is 2.06 bits per heavy atom. The summed E-state index contributed by atoms with van der Waals surface area (Å²) in [5, 5.41) is 0.386. The Bertz CT molecular complexity index is 427. The molecule has 0 amide bonds. The van der Waals surface area contributed by atoms with Crippen molar-refractivity contribution in [3.05, 3.63) is 71.8 Å². The zero-order chi connectivity index (χ0) is 11.9. The Balaban J connectivity index is 1.97. The molecule has 0 saturated carbocycles. The Kier molecular flexibility index (Phi) is 4.65. The van der Waals surface area contributed by atoms with E-state index in [1.807, 2.05) is 23.9 Å². The zero-order valence-electron chi connectivity index (χ0n) is 9.75. The van der Waals surface area contributed by atoms with Gasteiger partial charge in [-0.1, -0.05) is 60.7 Å². The topological polar surface area (TPSA) is 26.0 Å². The maximum absolute atomic E-state index is 5.85.